The van der Waals surface area contributed by atoms with Crippen LogP contribution in [0.15, 0.2) is 30.5 Å². The van der Waals surface area contributed by atoms with Gasteiger partial charge in [0.25, 0.3) is 0 Å². The maximum Gasteiger partial charge on any atom is 0.237 e. The molecule has 0 radical (unpaired) electrons. The average molecular weight is 421 g/mol. The van der Waals surface area contributed by atoms with E-state index in [1.807, 2.05) is 24.3 Å². The molecular weight excluding hydrogens is 392 g/mol. The minimum Gasteiger partial charge on any atom is -0.382 e. The number of fused-ring (bicyclic) bond motifs is 1. The first kappa shape index (κ1) is 21.1. The first-order valence-electron chi connectivity index (χ1n) is 10.9. The first-order valence-corrected chi connectivity index (χ1v) is 10.9. The number of piperidine rings is 1. The third kappa shape index (κ3) is 4.78. The molecule has 1 aromatic carbocycles. The van der Waals surface area contributed by atoms with Gasteiger partial charge in [-0.25, -0.2) is 0 Å². The highest BCUT2D eigenvalue weighted by Gasteiger charge is 2.30. The molecule has 0 aliphatic carbocycles. The van der Waals surface area contributed by atoms with Gasteiger partial charge < -0.3 is 15.5 Å². The Balaban J connectivity index is 1.36. The number of anilines is 2. The van der Waals surface area contributed by atoms with Gasteiger partial charge in [-0.2, -0.15) is 5.26 Å². The van der Waals surface area contributed by atoms with Crippen molar-refractivity contribution in [2.75, 3.05) is 36.8 Å². The van der Waals surface area contributed by atoms with Crippen molar-refractivity contribution in [3.63, 3.8) is 0 Å². The Hall–Kier alpha value is -3.18. The number of benzene rings is 1. The molecule has 2 saturated heterocycles. The van der Waals surface area contributed by atoms with E-state index in [0.717, 1.165) is 55.4 Å². The number of hydrogen-bond acceptors (Lipinski definition) is 6. The Labute approximate surface area is 182 Å². The molecule has 2 aliphatic heterocycles. The number of rotatable bonds is 5. The van der Waals surface area contributed by atoms with E-state index in [4.69, 9.17) is 0 Å². The highest BCUT2D eigenvalue weighted by atomic mass is 16.2. The van der Waals surface area contributed by atoms with E-state index in [2.05, 4.69) is 26.6 Å². The van der Waals surface area contributed by atoms with Crippen LogP contribution in [0.25, 0.3) is 10.9 Å². The molecule has 2 N–H and O–H groups in total. The quantitative estimate of drug-likeness (QED) is 0.771. The molecule has 3 heterocycles. The van der Waals surface area contributed by atoms with Crippen LogP contribution >= 0.6 is 0 Å². The normalized spacial score (nSPS) is 19.9. The van der Waals surface area contributed by atoms with E-state index >= 15 is 0 Å². The van der Waals surface area contributed by atoms with Gasteiger partial charge >= 0.3 is 0 Å². The third-order valence-electron chi connectivity index (χ3n) is 6.11. The van der Waals surface area contributed by atoms with Gasteiger partial charge in [-0.1, -0.05) is 0 Å². The third-order valence-corrected chi connectivity index (χ3v) is 6.11. The van der Waals surface area contributed by atoms with Crippen molar-refractivity contribution in [1.29, 1.82) is 5.26 Å². The molecule has 1 unspecified atom stereocenters. The van der Waals surface area contributed by atoms with Gasteiger partial charge in [-0.3, -0.25) is 19.5 Å². The smallest absolute Gasteiger partial charge is 0.237 e. The van der Waals surface area contributed by atoms with Crippen LogP contribution in [0.5, 0.6) is 0 Å². The Morgan fingerprint density at radius 1 is 1.16 bits per heavy atom. The summed E-state index contributed by atoms with van der Waals surface area (Å²) in [5.41, 5.74) is 2.48. The van der Waals surface area contributed by atoms with Gasteiger partial charge in [0.15, 0.2) is 0 Å². The molecule has 0 spiro atoms. The molecule has 1 aromatic heterocycles. The second kappa shape index (κ2) is 9.31. The summed E-state index contributed by atoms with van der Waals surface area (Å²) in [6.45, 7) is 4.26. The number of likely N-dealkylation sites (tertiary alicyclic amines) is 2. The van der Waals surface area contributed by atoms with E-state index in [-0.39, 0.29) is 17.9 Å². The number of nitriles is 1. The summed E-state index contributed by atoms with van der Waals surface area (Å²) in [4.78, 5) is 32.5. The van der Waals surface area contributed by atoms with Crippen LogP contribution in [-0.2, 0) is 9.59 Å². The molecule has 2 amide bonds. The maximum absolute atomic E-state index is 12.6. The summed E-state index contributed by atoms with van der Waals surface area (Å²) in [5.74, 6) is -0.0503. The van der Waals surface area contributed by atoms with Crippen LogP contribution in [0.1, 0.15) is 32.6 Å². The predicted octanol–water partition coefficient (Wildman–Crippen LogP) is 2.58. The number of carbonyl (C=O) groups excluding carboxylic acids is 2. The number of nitrogens with zero attached hydrogens (tertiary/aromatic N) is 4. The van der Waals surface area contributed by atoms with E-state index in [9.17, 15) is 14.9 Å². The van der Waals surface area contributed by atoms with Crippen molar-refractivity contribution >= 4 is 34.1 Å². The molecule has 0 bridgehead atoms. The Morgan fingerprint density at radius 2 is 1.94 bits per heavy atom. The van der Waals surface area contributed by atoms with Crippen LogP contribution in [-0.4, -0.2) is 64.9 Å². The Bertz CT molecular complexity index is 1010. The van der Waals surface area contributed by atoms with Crippen LogP contribution in [0.3, 0.4) is 0 Å². The summed E-state index contributed by atoms with van der Waals surface area (Å²) in [5, 5.41) is 16.7. The largest absolute Gasteiger partial charge is 0.382 e. The zero-order chi connectivity index (χ0) is 21.8. The fraction of sp³-hybridized carbons (Fsp3) is 0.478. The number of nitrogens with one attached hydrogen (secondary N) is 2. The van der Waals surface area contributed by atoms with Crippen molar-refractivity contribution in [3.8, 4) is 6.07 Å². The molecule has 0 saturated carbocycles. The van der Waals surface area contributed by atoms with Gasteiger partial charge in [0.05, 0.1) is 23.8 Å². The average Bonchev–Trinajstić information content (AvgIpc) is 3.25. The summed E-state index contributed by atoms with van der Waals surface area (Å²) < 4.78 is 0. The zero-order valence-electron chi connectivity index (χ0n) is 17.8. The van der Waals surface area contributed by atoms with Crippen LogP contribution in [0, 0.1) is 11.3 Å². The van der Waals surface area contributed by atoms with Crippen molar-refractivity contribution in [2.24, 2.45) is 0 Å². The molecular formula is C23H28N6O2. The number of pyridine rings is 1. The lowest BCUT2D eigenvalue weighted by atomic mass is 10.0. The lowest BCUT2D eigenvalue weighted by molar-refractivity contribution is -0.132. The lowest BCUT2D eigenvalue weighted by Gasteiger charge is -2.33. The molecule has 8 nitrogen and oxygen atoms in total. The fourth-order valence-corrected chi connectivity index (χ4v) is 4.53. The van der Waals surface area contributed by atoms with Gasteiger partial charge in [0, 0.05) is 49.9 Å². The number of carbonyl (C=O) groups is 2. The van der Waals surface area contributed by atoms with E-state index < -0.39 is 0 Å². The predicted molar refractivity (Wildman–Crippen MR) is 119 cm³/mol. The van der Waals surface area contributed by atoms with E-state index in [1.54, 1.807) is 11.1 Å². The molecule has 31 heavy (non-hydrogen) atoms. The van der Waals surface area contributed by atoms with Crippen molar-refractivity contribution in [1.82, 2.24) is 14.8 Å². The molecule has 2 aliphatic rings. The zero-order valence-corrected chi connectivity index (χ0v) is 17.8. The minimum atomic E-state index is -0.256. The van der Waals surface area contributed by atoms with Crippen molar-refractivity contribution in [2.45, 2.75) is 44.7 Å². The number of hydrogen-bond donors (Lipinski definition) is 2. The Kier molecular flexibility index (Phi) is 6.33. The van der Waals surface area contributed by atoms with Crippen molar-refractivity contribution in [3.05, 3.63) is 30.5 Å². The molecule has 1 atom stereocenters. The second-order valence-corrected chi connectivity index (χ2v) is 8.31. The molecule has 4 rings (SSSR count). The standard InChI is InChI=1S/C23H28N6O2/c1-16(30)26-21-7-6-20(19-5-2-10-25-23(19)21)27-17-8-12-28(13-9-17)15-22(31)29-11-3-4-18(29)14-24/h2,5-7,10,17-18,27H,3-4,8-9,11-13,15H2,1H3,(H,26,30). The van der Waals surface area contributed by atoms with Crippen LogP contribution < -0.4 is 10.6 Å². The lowest BCUT2D eigenvalue weighted by Crippen LogP contribution is -2.46. The van der Waals surface area contributed by atoms with Gasteiger partial charge in [-0.15, -0.1) is 0 Å². The summed E-state index contributed by atoms with van der Waals surface area (Å²) >= 11 is 0. The molecule has 162 valence electrons. The summed E-state index contributed by atoms with van der Waals surface area (Å²) in [6, 6.07) is 10.1. The Morgan fingerprint density at radius 3 is 2.68 bits per heavy atom. The summed E-state index contributed by atoms with van der Waals surface area (Å²) in [7, 11) is 0. The highest BCUT2D eigenvalue weighted by molar-refractivity contribution is 6.04. The SMILES string of the molecule is CC(=O)Nc1ccc(NC2CCN(CC(=O)N3CCCC3C#N)CC2)c2cccnc12. The molecule has 2 fully saturated rings. The van der Waals surface area contributed by atoms with Crippen molar-refractivity contribution < 1.29 is 9.59 Å². The first-order chi connectivity index (χ1) is 15.0. The summed E-state index contributed by atoms with van der Waals surface area (Å²) in [6.07, 6.45) is 5.30. The van der Waals surface area contributed by atoms with E-state index in [0.29, 0.717) is 24.8 Å². The second-order valence-electron chi connectivity index (χ2n) is 8.31. The monoisotopic (exact) mass is 420 g/mol. The van der Waals surface area contributed by atoms with E-state index in [1.165, 1.54) is 6.92 Å². The fourth-order valence-electron chi connectivity index (χ4n) is 4.53. The molecule has 8 heteroatoms. The van der Waals surface area contributed by atoms with Gasteiger partial charge in [0.2, 0.25) is 11.8 Å². The number of aromatic nitrogens is 1. The number of amides is 2. The van der Waals surface area contributed by atoms with Crippen LogP contribution in [0.2, 0.25) is 0 Å². The van der Waals surface area contributed by atoms with Crippen LogP contribution in [0.4, 0.5) is 11.4 Å². The van der Waals surface area contributed by atoms with Gasteiger partial charge in [-0.05, 0) is 49.9 Å². The highest BCUT2D eigenvalue weighted by Crippen LogP contribution is 2.30. The molecule has 2 aromatic rings. The maximum atomic E-state index is 12.6. The van der Waals surface area contributed by atoms with Gasteiger partial charge in [0.1, 0.15) is 6.04 Å². The topological polar surface area (TPSA) is 101 Å². The minimum absolute atomic E-state index is 0.0705.